The van der Waals surface area contributed by atoms with Gasteiger partial charge in [0.2, 0.25) is 5.91 Å². The van der Waals surface area contributed by atoms with Crippen molar-refractivity contribution in [3.05, 3.63) is 59.2 Å². The summed E-state index contributed by atoms with van der Waals surface area (Å²) in [5.74, 6) is 1.19. The second-order valence-corrected chi connectivity index (χ2v) is 5.23. The lowest BCUT2D eigenvalue weighted by molar-refractivity contribution is -0.111. The molecule has 4 heteroatoms. The van der Waals surface area contributed by atoms with E-state index in [1.165, 1.54) is 11.6 Å². The van der Waals surface area contributed by atoms with Crippen molar-refractivity contribution in [1.82, 2.24) is 0 Å². The molecule has 1 amide bonds. The Morgan fingerprint density at radius 2 is 1.78 bits per heavy atom. The van der Waals surface area contributed by atoms with Crippen LogP contribution in [0.15, 0.2) is 42.5 Å². The summed E-state index contributed by atoms with van der Waals surface area (Å²) in [4.78, 5) is 12.1. The fraction of sp³-hybridized carbons (Fsp3) is 0.211. The minimum Gasteiger partial charge on any atom is -0.497 e. The van der Waals surface area contributed by atoms with Crippen molar-refractivity contribution in [2.45, 2.75) is 13.8 Å². The number of anilines is 1. The first kappa shape index (κ1) is 16.6. The first-order valence-corrected chi connectivity index (χ1v) is 7.32. The van der Waals surface area contributed by atoms with Gasteiger partial charge in [-0.1, -0.05) is 6.07 Å². The van der Waals surface area contributed by atoms with Crippen molar-refractivity contribution in [1.29, 1.82) is 0 Å². The Bertz CT molecular complexity index is 735. The lowest BCUT2D eigenvalue weighted by Gasteiger charge is -2.08. The lowest BCUT2D eigenvalue weighted by Crippen LogP contribution is -2.08. The normalized spacial score (nSPS) is 10.6. The molecule has 0 saturated carbocycles. The van der Waals surface area contributed by atoms with E-state index in [9.17, 15) is 4.79 Å². The van der Waals surface area contributed by atoms with Crippen LogP contribution < -0.4 is 14.8 Å². The van der Waals surface area contributed by atoms with Crippen LogP contribution in [0.2, 0.25) is 0 Å². The Kier molecular flexibility index (Phi) is 5.41. The van der Waals surface area contributed by atoms with E-state index in [0.717, 1.165) is 16.8 Å². The number of ether oxygens (including phenoxy) is 2. The van der Waals surface area contributed by atoms with Gasteiger partial charge in [0, 0.05) is 17.3 Å². The highest BCUT2D eigenvalue weighted by Crippen LogP contribution is 2.25. The number of carbonyl (C=O) groups is 1. The topological polar surface area (TPSA) is 47.6 Å². The predicted octanol–water partition coefficient (Wildman–Crippen LogP) is 3.97. The van der Waals surface area contributed by atoms with Crippen LogP contribution in [0.3, 0.4) is 0 Å². The van der Waals surface area contributed by atoms with Gasteiger partial charge >= 0.3 is 0 Å². The number of benzene rings is 2. The fourth-order valence-corrected chi connectivity index (χ4v) is 2.14. The van der Waals surface area contributed by atoms with Crippen molar-refractivity contribution in [3.8, 4) is 11.5 Å². The lowest BCUT2D eigenvalue weighted by atomic mass is 10.1. The van der Waals surface area contributed by atoms with Gasteiger partial charge in [-0.2, -0.15) is 0 Å². The average molecular weight is 311 g/mol. The number of aryl methyl sites for hydroxylation is 2. The molecule has 0 atom stereocenters. The number of hydrogen-bond acceptors (Lipinski definition) is 3. The van der Waals surface area contributed by atoms with E-state index >= 15 is 0 Å². The van der Waals surface area contributed by atoms with E-state index in [4.69, 9.17) is 9.47 Å². The van der Waals surface area contributed by atoms with E-state index in [-0.39, 0.29) is 5.91 Å². The molecule has 0 heterocycles. The van der Waals surface area contributed by atoms with E-state index in [1.54, 1.807) is 26.4 Å². The van der Waals surface area contributed by atoms with Crippen molar-refractivity contribution < 1.29 is 14.3 Å². The highest BCUT2D eigenvalue weighted by Gasteiger charge is 2.04. The number of rotatable bonds is 5. The van der Waals surface area contributed by atoms with Crippen LogP contribution in [-0.2, 0) is 4.79 Å². The van der Waals surface area contributed by atoms with E-state index in [0.29, 0.717) is 11.5 Å². The summed E-state index contributed by atoms with van der Waals surface area (Å²) in [5, 5.41) is 2.85. The Labute approximate surface area is 136 Å². The van der Waals surface area contributed by atoms with Gasteiger partial charge < -0.3 is 14.8 Å². The number of amides is 1. The van der Waals surface area contributed by atoms with Gasteiger partial charge in [-0.15, -0.1) is 0 Å². The minimum atomic E-state index is -0.196. The molecule has 2 rings (SSSR count). The number of methoxy groups -OCH3 is 2. The molecule has 0 bridgehead atoms. The SMILES string of the molecule is COc1ccc(OC)c(/C=C/C(=O)Nc2ccc(C)c(C)c2)c1. The minimum absolute atomic E-state index is 0.196. The van der Waals surface area contributed by atoms with Crippen LogP contribution in [0, 0.1) is 13.8 Å². The van der Waals surface area contributed by atoms with Gasteiger partial charge in [-0.3, -0.25) is 4.79 Å². The molecule has 2 aromatic carbocycles. The predicted molar refractivity (Wildman–Crippen MR) is 93.1 cm³/mol. The summed E-state index contributed by atoms with van der Waals surface area (Å²) in [6.07, 6.45) is 3.18. The van der Waals surface area contributed by atoms with Gasteiger partial charge in [0.15, 0.2) is 0 Å². The van der Waals surface area contributed by atoms with Gasteiger partial charge in [0.25, 0.3) is 0 Å². The highest BCUT2D eigenvalue weighted by molar-refractivity contribution is 6.02. The molecule has 1 N–H and O–H groups in total. The Hall–Kier alpha value is -2.75. The molecule has 0 spiro atoms. The maximum atomic E-state index is 12.1. The summed E-state index contributed by atoms with van der Waals surface area (Å²) in [6, 6.07) is 11.3. The smallest absolute Gasteiger partial charge is 0.248 e. The first-order valence-electron chi connectivity index (χ1n) is 7.32. The van der Waals surface area contributed by atoms with Crippen LogP contribution in [0.4, 0.5) is 5.69 Å². The largest absolute Gasteiger partial charge is 0.497 e. The standard InChI is InChI=1S/C19H21NO3/c1-13-5-7-16(11-14(13)2)20-19(21)10-6-15-12-17(22-3)8-9-18(15)23-4/h5-12H,1-4H3,(H,20,21)/b10-6+. The van der Waals surface area contributed by atoms with Gasteiger partial charge in [-0.05, 0) is 61.4 Å². The molecule has 4 nitrogen and oxygen atoms in total. The molecule has 0 aliphatic rings. The maximum absolute atomic E-state index is 12.1. The highest BCUT2D eigenvalue weighted by atomic mass is 16.5. The van der Waals surface area contributed by atoms with Crippen molar-refractivity contribution >= 4 is 17.7 Å². The molecule has 0 radical (unpaired) electrons. The maximum Gasteiger partial charge on any atom is 0.248 e. The van der Waals surface area contributed by atoms with E-state index in [2.05, 4.69) is 5.32 Å². The van der Waals surface area contributed by atoms with E-state index in [1.807, 2.05) is 44.2 Å². The van der Waals surface area contributed by atoms with Crippen LogP contribution in [-0.4, -0.2) is 20.1 Å². The second kappa shape index (κ2) is 7.49. The van der Waals surface area contributed by atoms with Gasteiger partial charge in [0.05, 0.1) is 14.2 Å². The molecule has 23 heavy (non-hydrogen) atoms. The molecule has 120 valence electrons. The zero-order chi connectivity index (χ0) is 16.8. The summed E-state index contributed by atoms with van der Waals surface area (Å²) in [6.45, 7) is 4.05. The molecule has 0 saturated heterocycles. The third-order valence-corrected chi connectivity index (χ3v) is 3.63. The van der Waals surface area contributed by atoms with Crippen molar-refractivity contribution in [2.24, 2.45) is 0 Å². The van der Waals surface area contributed by atoms with Gasteiger partial charge in [-0.25, -0.2) is 0 Å². The molecule has 0 unspecified atom stereocenters. The number of nitrogens with one attached hydrogen (secondary N) is 1. The van der Waals surface area contributed by atoms with Crippen LogP contribution in [0.25, 0.3) is 6.08 Å². The molecule has 0 aromatic heterocycles. The van der Waals surface area contributed by atoms with Crippen molar-refractivity contribution in [2.75, 3.05) is 19.5 Å². The fourth-order valence-electron chi connectivity index (χ4n) is 2.14. The average Bonchev–Trinajstić information content (AvgIpc) is 2.56. The third-order valence-electron chi connectivity index (χ3n) is 3.63. The first-order chi connectivity index (χ1) is 11.0. The quantitative estimate of drug-likeness (QED) is 0.850. The van der Waals surface area contributed by atoms with Gasteiger partial charge in [0.1, 0.15) is 11.5 Å². The monoisotopic (exact) mass is 311 g/mol. The zero-order valence-electron chi connectivity index (χ0n) is 13.8. The summed E-state index contributed by atoms with van der Waals surface area (Å²) < 4.78 is 10.5. The third kappa shape index (κ3) is 4.36. The molecule has 0 aliphatic heterocycles. The Morgan fingerprint density at radius 1 is 1.00 bits per heavy atom. The molecular weight excluding hydrogens is 290 g/mol. The Morgan fingerprint density at radius 3 is 2.43 bits per heavy atom. The molecule has 0 fully saturated rings. The molecule has 2 aromatic rings. The van der Waals surface area contributed by atoms with Crippen LogP contribution >= 0.6 is 0 Å². The Balaban J connectivity index is 2.13. The number of hydrogen-bond donors (Lipinski definition) is 1. The van der Waals surface area contributed by atoms with Crippen molar-refractivity contribution in [3.63, 3.8) is 0 Å². The number of carbonyl (C=O) groups excluding carboxylic acids is 1. The van der Waals surface area contributed by atoms with Crippen LogP contribution in [0.5, 0.6) is 11.5 Å². The molecule has 0 aliphatic carbocycles. The second-order valence-electron chi connectivity index (χ2n) is 5.23. The summed E-state index contributed by atoms with van der Waals surface area (Å²) in [7, 11) is 3.19. The van der Waals surface area contributed by atoms with Crippen LogP contribution in [0.1, 0.15) is 16.7 Å². The molecular formula is C19H21NO3. The summed E-state index contributed by atoms with van der Waals surface area (Å²) >= 11 is 0. The van der Waals surface area contributed by atoms with E-state index < -0.39 is 0 Å². The summed E-state index contributed by atoms with van der Waals surface area (Å²) in [5.41, 5.74) is 3.89. The zero-order valence-corrected chi connectivity index (χ0v) is 13.8.